The maximum Gasteiger partial charge on any atom is 0.134 e. The minimum absolute atomic E-state index is 0.616. The molecule has 0 saturated carbocycles. The summed E-state index contributed by atoms with van der Waals surface area (Å²) < 4.78 is 4.05. The summed E-state index contributed by atoms with van der Waals surface area (Å²) in [5, 5.41) is 9.42. The zero-order chi connectivity index (χ0) is 12.3. The Bertz CT molecular complexity index is 355. The Morgan fingerprint density at radius 3 is 3.06 bits per heavy atom. The molecule has 4 nitrogen and oxygen atoms in total. The Kier molecular flexibility index (Phi) is 4.64. The van der Waals surface area contributed by atoms with E-state index in [1.165, 1.54) is 17.3 Å². The lowest BCUT2D eigenvalue weighted by atomic mass is 10.2. The first kappa shape index (κ1) is 13.1. The van der Waals surface area contributed by atoms with E-state index in [0.29, 0.717) is 11.3 Å². The fourth-order valence-corrected chi connectivity index (χ4v) is 3.82. The molecule has 0 spiro atoms. The van der Waals surface area contributed by atoms with Gasteiger partial charge in [-0.25, -0.2) is 0 Å². The van der Waals surface area contributed by atoms with Gasteiger partial charge in [0.1, 0.15) is 10.7 Å². The van der Waals surface area contributed by atoms with Gasteiger partial charge in [0.25, 0.3) is 0 Å². The van der Waals surface area contributed by atoms with Crippen molar-refractivity contribution in [3.05, 3.63) is 5.69 Å². The van der Waals surface area contributed by atoms with Crippen LogP contribution in [0, 0.1) is 0 Å². The predicted molar refractivity (Wildman–Crippen MR) is 75.9 cm³/mol. The molecule has 17 heavy (non-hydrogen) atoms. The summed E-state index contributed by atoms with van der Waals surface area (Å²) in [4.78, 5) is 2.51. The van der Waals surface area contributed by atoms with Gasteiger partial charge in [0.15, 0.2) is 0 Å². The summed E-state index contributed by atoms with van der Waals surface area (Å²) in [6, 6.07) is 0.616. The van der Waals surface area contributed by atoms with Gasteiger partial charge in [0.05, 0.1) is 0 Å². The molecule has 1 aliphatic heterocycles. The van der Waals surface area contributed by atoms with E-state index < -0.39 is 0 Å². The number of thioether (sulfide) groups is 1. The van der Waals surface area contributed by atoms with E-state index in [0.717, 1.165) is 30.3 Å². The molecule has 1 saturated heterocycles. The third-order valence-corrected chi connectivity index (χ3v) is 5.32. The van der Waals surface area contributed by atoms with E-state index >= 15 is 0 Å². The Labute approximate surface area is 111 Å². The molecule has 0 radical (unpaired) electrons. The molecule has 1 fully saturated rings. The van der Waals surface area contributed by atoms with Gasteiger partial charge in [-0.05, 0) is 13.8 Å². The molecule has 0 aliphatic carbocycles. The molecule has 1 aromatic heterocycles. The highest BCUT2D eigenvalue weighted by Gasteiger charge is 2.26. The highest BCUT2D eigenvalue weighted by atomic mass is 32.2. The second-order valence-electron chi connectivity index (χ2n) is 4.37. The third-order valence-electron chi connectivity index (χ3n) is 3.26. The van der Waals surface area contributed by atoms with Crippen molar-refractivity contribution in [3.8, 4) is 0 Å². The lowest BCUT2D eigenvalue weighted by molar-refractivity contribution is 0.202. The van der Waals surface area contributed by atoms with Gasteiger partial charge in [-0.15, -0.1) is 5.10 Å². The van der Waals surface area contributed by atoms with Gasteiger partial charge in [-0.3, -0.25) is 4.90 Å². The van der Waals surface area contributed by atoms with Crippen molar-refractivity contribution in [1.82, 2.24) is 14.5 Å². The smallest absolute Gasteiger partial charge is 0.134 e. The maximum atomic E-state index is 4.25. The minimum atomic E-state index is 0.616. The van der Waals surface area contributed by atoms with Gasteiger partial charge >= 0.3 is 0 Å². The first-order chi connectivity index (χ1) is 8.22. The molecule has 0 aromatic carbocycles. The average Bonchev–Trinajstić information content (AvgIpc) is 2.73. The second-order valence-corrected chi connectivity index (χ2v) is 6.61. The van der Waals surface area contributed by atoms with E-state index in [1.54, 1.807) is 0 Å². The van der Waals surface area contributed by atoms with E-state index in [4.69, 9.17) is 0 Å². The largest absolute Gasteiger partial charge is 0.374 e. The Hall–Kier alpha value is -0.330. The number of anilines is 1. The zero-order valence-corrected chi connectivity index (χ0v) is 12.3. The van der Waals surface area contributed by atoms with Crippen LogP contribution in [0.15, 0.2) is 0 Å². The summed E-state index contributed by atoms with van der Waals surface area (Å²) in [6.07, 6.45) is 0. The van der Waals surface area contributed by atoms with E-state index in [-0.39, 0.29) is 0 Å². The van der Waals surface area contributed by atoms with E-state index in [2.05, 4.69) is 52.3 Å². The average molecular weight is 272 g/mol. The van der Waals surface area contributed by atoms with Crippen LogP contribution < -0.4 is 5.32 Å². The topological polar surface area (TPSA) is 41.1 Å². The summed E-state index contributed by atoms with van der Waals surface area (Å²) in [5.74, 6) is 1.22. The summed E-state index contributed by atoms with van der Waals surface area (Å²) in [5.41, 5.74) is 1.10. The van der Waals surface area contributed by atoms with Gasteiger partial charge in [0, 0.05) is 48.2 Å². The maximum absolute atomic E-state index is 4.25. The third kappa shape index (κ3) is 3.11. The van der Waals surface area contributed by atoms with Crippen LogP contribution in [0.1, 0.15) is 26.5 Å². The van der Waals surface area contributed by atoms with E-state index in [1.807, 2.05) is 0 Å². The van der Waals surface area contributed by atoms with Crippen molar-refractivity contribution >= 4 is 28.3 Å². The van der Waals surface area contributed by atoms with Crippen LogP contribution >= 0.6 is 23.3 Å². The number of hydrogen-bond acceptors (Lipinski definition) is 6. The Morgan fingerprint density at radius 1 is 1.47 bits per heavy atom. The lowest BCUT2D eigenvalue weighted by Gasteiger charge is -2.37. The quantitative estimate of drug-likeness (QED) is 0.911. The number of hydrogen-bond donors (Lipinski definition) is 1. The highest BCUT2D eigenvalue weighted by molar-refractivity contribution is 8.00. The molecule has 0 amide bonds. The summed E-state index contributed by atoms with van der Waals surface area (Å²) in [7, 11) is 0. The normalized spacial score (nSPS) is 26.1. The standard InChI is InChI=1S/C11H20N4S2/c1-4-12-11-10(13-14-17-11)7-15-5-6-16-9(3)8(15)2/h8-9,12H,4-7H2,1-3H3. The molecule has 1 N–H and O–H groups in total. The SMILES string of the molecule is CCNc1snnc1CN1CCSC(C)C1C. The van der Waals surface area contributed by atoms with Crippen LogP contribution in [0.4, 0.5) is 5.00 Å². The van der Waals surface area contributed by atoms with Crippen molar-refractivity contribution in [3.63, 3.8) is 0 Å². The number of rotatable bonds is 4. The molecule has 2 rings (SSSR count). The van der Waals surface area contributed by atoms with Crippen molar-refractivity contribution in [1.29, 1.82) is 0 Å². The van der Waals surface area contributed by atoms with Crippen LogP contribution in [0.3, 0.4) is 0 Å². The van der Waals surface area contributed by atoms with Crippen LogP contribution in [0.5, 0.6) is 0 Å². The first-order valence-electron chi connectivity index (χ1n) is 6.13. The van der Waals surface area contributed by atoms with E-state index in [9.17, 15) is 0 Å². The van der Waals surface area contributed by atoms with Crippen LogP contribution in [0.2, 0.25) is 0 Å². The molecule has 96 valence electrons. The molecule has 1 aromatic rings. The van der Waals surface area contributed by atoms with Crippen molar-refractivity contribution < 1.29 is 0 Å². The summed E-state index contributed by atoms with van der Waals surface area (Å²) in [6.45, 7) is 9.73. The van der Waals surface area contributed by atoms with Gasteiger partial charge < -0.3 is 5.32 Å². The lowest BCUT2D eigenvalue weighted by Crippen LogP contribution is -2.44. The molecule has 1 aliphatic rings. The van der Waals surface area contributed by atoms with Crippen LogP contribution in [-0.4, -0.2) is 44.6 Å². The van der Waals surface area contributed by atoms with Gasteiger partial charge in [0.2, 0.25) is 0 Å². The number of aromatic nitrogens is 2. The number of nitrogens with one attached hydrogen (secondary N) is 1. The molecular formula is C11H20N4S2. The first-order valence-corrected chi connectivity index (χ1v) is 7.95. The fourth-order valence-electron chi connectivity index (χ4n) is 2.02. The fraction of sp³-hybridized carbons (Fsp3) is 0.818. The molecule has 6 heteroatoms. The monoisotopic (exact) mass is 272 g/mol. The zero-order valence-electron chi connectivity index (χ0n) is 10.6. The highest BCUT2D eigenvalue weighted by Crippen LogP contribution is 2.27. The Morgan fingerprint density at radius 2 is 2.29 bits per heavy atom. The van der Waals surface area contributed by atoms with Gasteiger partial charge in [-0.2, -0.15) is 11.8 Å². The molecule has 2 atom stereocenters. The minimum Gasteiger partial charge on any atom is -0.374 e. The van der Waals surface area contributed by atoms with Crippen molar-refractivity contribution in [2.45, 2.75) is 38.6 Å². The molecular weight excluding hydrogens is 252 g/mol. The Balaban J connectivity index is 2.01. The molecule has 2 unspecified atom stereocenters. The van der Waals surface area contributed by atoms with Crippen LogP contribution in [-0.2, 0) is 6.54 Å². The van der Waals surface area contributed by atoms with Crippen LogP contribution in [0.25, 0.3) is 0 Å². The van der Waals surface area contributed by atoms with Crippen molar-refractivity contribution in [2.75, 3.05) is 24.2 Å². The van der Waals surface area contributed by atoms with Gasteiger partial charge in [-0.1, -0.05) is 11.4 Å². The second kappa shape index (κ2) is 6.02. The molecule has 0 bridgehead atoms. The molecule has 2 heterocycles. The van der Waals surface area contributed by atoms with Crippen molar-refractivity contribution in [2.24, 2.45) is 0 Å². The predicted octanol–water partition coefficient (Wildman–Crippen LogP) is 2.30. The number of nitrogens with zero attached hydrogens (tertiary/aromatic N) is 3. The summed E-state index contributed by atoms with van der Waals surface area (Å²) >= 11 is 3.53.